The van der Waals surface area contributed by atoms with Crippen molar-refractivity contribution in [2.75, 3.05) is 5.75 Å². The second-order valence-electron chi connectivity index (χ2n) is 5.98. The molecule has 1 fully saturated rings. The average Bonchev–Trinajstić information content (AvgIpc) is 2.89. The standard InChI is InChI=1S/C14H19BO4S2/c1-13(2)14(3,4)19-15(18-13)10(8-20)7-9-5-6-21-11(9)12(16)17/h5-7,20H,8H2,1-4H3,(H,16,17). The van der Waals surface area contributed by atoms with Gasteiger partial charge in [0, 0.05) is 5.75 Å². The van der Waals surface area contributed by atoms with E-state index in [1.807, 2.05) is 27.7 Å². The van der Waals surface area contributed by atoms with Gasteiger partial charge in [0.2, 0.25) is 0 Å². The first-order valence-electron chi connectivity index (χ1n) is 6.66. The Kier molecular flexibility index (Phi) is 4.59. The van der Waals surface area contributed by atoms with E-state index in [2.05, 4.69) is 12.6 Å². The molecule has 0 spiro atoms. The zero-order valence-corrected chi connectivity index (χ0v) is 14.3. The van der Waals surface area contributed by atoms with Gasteiger partial charge in [-0.2, -0.15) is 12.6 Å². The molecule has 0 atom stereocenters. The van der Waals surface area contributed by atoms with Crippen molar-refractivity contribution in [3.8, 4) is 0 Å². The molecular weight excluding hydrogens is 307 g/mol. The predicted octanol–water partition coefficient (Wildman–Crippen LogP) is 3.39. The van der Waals surface area contributed by atoms with Gasteiger partial charge in [-0.15, -0.1) is 11.3 Å². The summed E-state index contributed by atoms with van der Waals surface area (Å²) in [7, 11) is -0.506. The van der Waals surface area contributed by atoms with Crippen LogP contribution < -0.4 is 0 Å². The summed E-state index contributed by atoms with van der Waals surface area (Å²) in [5.74, 6) is -0.491. The Morgan fingerprint density at radius 2 is 1.95 bits per heavy atom. The third-order valence-corrected chi connectivity index (χ3v) is 5.25. The average molecular weight is 326 g/mol. The van der Waals surface area contributed by atoms with Gasteiger partial charge in [0.1, 0.15) is 4.88 Å². The van der Waals surface area contributed by atoms with Crippen LogP contribution in [0.15, 0.2) is 16.9 Å². The van der Waals surface area contributed by atoms with Crippen LogP contribution in [0.2, 0.25) is 0 Å². The zero-order valence-electron chi connectivity index (χ0n) is 12.5. The summed E-state index contributed by atoms with van der Waals surface area (Å²) in [6.45, 7) is 7.93. The van der Waals surface area contributed by atoms with E-state index in [-0.39, 0.29) is 0 Å². The maximum atomic E-state index is 11.2. The normalized spacial score (nSPS) is 20.8. The molecule has 0 bridgehead atoms. The van der Waals surface area contributed by atoms with Crippen molar-refractivity contribution in [3.63, 3.8) is 0 Å². The molecule has 1 saturated heterocycles. The minimum atomic E-state index is -0.927. The lowest BCUT2D eigenvalue weighted by molar-refractivity contribution is 0.00578. The fourth-order valence-corrected chi connectivity index (χ4v) is 2.94. The first-order valence-corrected chi connectivity index (χ1v) is 8.17. The highest BCUT2D eigenvalue weighted by molar-refractivity contribution is 7.80. The van der Waals surface area contributed by atoms with Crippen molar-refractivity contribution in [1.82, 2.24) is 0 Å². The maximum Gasteiger partial charge on any atom is 0.491 e. The van der Waals surface area contributed by atoms with E-state index < -0.39 is 24.3 Å². The van der Waals surface area contributed by atoms with Gasteiger partial charge in [-0.05, 0) is 50.2 Å². The summed E-state index contributed by atoms with van der Waals surface area (Å²) in [6.07, 6.45) is 1.80. The van der Waals surface area contributed by atoms with Gasteiger partial charge in [0.05, 0.1) is 11.2 Å². The monoisotopic (exact) mass is 326 g/mol. The molecule has 114 valence electrons. The van der Waals surface area contributed by atoms with Crippen LogP contribution in [0.4, 0.5) is 0 Å². The maximum absolute atomic E-state index is 11.2. The van der Waals surface area contributed by atoms with E-state index in [0.29, 0.717) is 16.2 Å². The van der Waals surface area contributed by atoms with Crippen LogP contribution in [0.3, 0.4) is 0 Å². The number of carboxylic acids is 1. The summed E-state index contributed by atoms with van der Waals surface area (Å²) in [6, 6.07) is 1.78. The molecule has 0 aromatic carbocycles. The SMILES string of the molecule is CC1(C)OB(C(=Cc2ccsc2C(=O)O)CS)OC1(C)C. The zero-order chi connectivity index (χ0) is 15.8. The van der Waals surface area contributed by atoms with Gasteiger partial charge < -0.3 is 14.4 Å². The third-order valence-electron chi connectivity index (χ3n) is 3.97. The minimum absolute atomic E-state index is 0.311. The van der Waals surface area contributed by atoms with Gasteiger partial charge in [0.25, 0.3) is 0 Å². The molecule has 0 radical (unpaired) electrons. The topological polar surface area (TPSA) is 55.8 Å². The highest BCUT2D eigenvalue weighted by Crippen LogP contribution is 2.39. The molecule has 0 amide bonds. The van der Waals surface area contributed by atoms with Crippen molar-refractivity contribution >= 4 is 43.1 Å². The van der Waals surface area contributed by atoms with E-state index in [4.69, 9.17) is 9.31 Å². The van der Waals surface area contributed by atoms with Crippen LogP contribution in [0.25, 0.3) is 6.08 Å². The van der Waals surface area contributed by atoms with E-state index >= 15 is 0 Å². The smallest absolute Gasteiger partial charge is 0.477 e. The fraction of sp³-hybridized carbons (Fsp3) is 0.500. The lowest BCUT2D eigenvalue weighted by Gasteiger charge is -2.32. The minimum Gasteiger partial charge on any atom is -0.477 e. The molecule has 1 aromatic rings. The van der Waals surface area contributed by atoms with Crippen molar-refractivity contribution in [2.24, 2.45) is 0 Å². The number of aromatic carboxylic acids is 1. The van der Waals surface area contributed by atoms with E-state index in [9.17, 15) is 9.90 Å². The highest BCUT2D eigenvalue weighted by atomic mass is 32.1. The van der Waals surface area contributed by atoms with Gasteiger partial charge in [0.15, 0.2) is 0 Å². The Morgan fingerprint density at radius 3 is 2.43 bits per heavy atom. The highest BCUT2D eigenvalue weighted by Gasteiger charge is 2.52. The van der Waals surface area contributed by atoms with Crippen molar-refractivity contribution in [1.29, 1.82) is 0 Å². The van der Waals surface area contributed by atoms with Crippen LogP contribution in [-0.4, -0.2) is 35.1 Å². The molecule has 0 aliphatic carbocycles. The first-order chi connectivity index (χ1) is 9.68. The Balaban J connectivity index is 2.31. The van der Waals surface area contributed by atoms with Gasteiger partial charge in [-0.25, -0.2) is 4.79 Å². The summed E-state index contributed by atoms with van der Waals surface area (Å²) in [5, 5.41) is 10.9. The number of hydrogen-bond acceptors (Lipinski definition) is 5. The molecule has 2 rings (SSSR count). The molecule has 2 heterocycles. The lowest BCUT2D eigenvalue weighted by atomic mass is 9.78. The largest absolute Gasteiger partial charge is 0.491 e. The van der Waals surface area contributed by atoms with E-state index in [1.54, 1.807) is 17.5 Å². The van der Waals surface area contributed by atoms with Crippen molar-refractivity contribution in [3.05, 3.63) is 27.4 Å². The number of thiol groups is 1. The Labute approximate surface area is 134 Å². The summed E-state index contributed by atoms with van der Waals surface area (Å²) < 4.78 is 12.0. The number of hydrogen-bond donors (Lipinski definition) is 2. The van der Waals surface area contributed by atoms with Gasteiger partial charge >= 0.3 is 13.1 Å². The molecule has 1 N–H and O–H groups in total. The number of carbonyl (C=O) groups is 1. The number of carboxylic acid groups (broad SMARTS) is 1. The quantitative estimate of drug-likeness (QED) is 0.658. The molecule has 7 heteroatoms. The second kappa shape index (κ2) is 5.80. The van der Waals surface area contributed by atoms with E-state index in [0.717, 1.165) is 5.47 Å². The van der Waals surface area contributed by atoms with Gasteiger partial charge in [-0.3, -0.25) is 0 Å². The Bertz CT molecular complexity index is 561. The van der Waals surface area contributed by atoms with Gasteiger partial charge in [-0.1, -0.05) is 6.08 Å². The number of rotatable bonds is 4. The lowest BCUT2D eigenvalue weighted by Crippen LogP contribution is -2.41. The summed E-state index contributed by atoms with van der Waals surface area (Å²) >= 11 is 5.53. The molecule has 0 saturated carbocycles. The first kappa shape index (κ1) is 16.6. The summed E-state index contributed by atoms with van der Waals surface area (Å²) in [4.78, 5) is 11.5. The molecule has 4 nitrogen and oxygen atoms in total. The fourth-order valence-electron chi connectivity index (χ4n) is 1.99. The van der Waals surface area contributed by atoms with Crippen molar-refractivity contribution in [2.45, 2.75) is 38.9 Å². The molecule has 1 aromatic heterocycles. The third kappa shape index (κ3) is 3.21. The predicted molar refractivity (Wildman–Crippen MR) is 89.2 cm³/mol. The number of thiophene rings is 1. The second-order valence-corrected chi connectivity index (χ2v) is 7.21. The Hall–Kier alpha value is -0.755. The molecule has 1 aliphatic rings. The van der Waals surface area contributed by atoms with Crippen molar-refractivity contribution < 1.29 is 19.2 Å². The molecular formula is C14H19BO4S2. The molecule has 21 heavy (non-hydrogen) atoms. The molecule has 1 aliphatic heterocycles. The summed E-state index contributed by atoms with van der Waals surface area (Å²) in [5.41, 5.74) is 0.623. The van der Waals surface area contributed by atoms with Crippen LogP contribution in [0.1, 0.15) is 42.9 Å². The Morgan fingerprint density at radius 1 is 1.38 bits per heavy atom. The van der Waals surface area contributed by atoms with Crippen LogP contribution in [-0.2, 0) is 9.31 Å². The van der Waals surface area contributed by atoms with Crippen LogP contribution >= 0.6 is 24.0 Å². The molecule has 0 unspecified atom stereocenters. The van der Waals surface area contributed by atoms with Crippen LogP contribution in [0.5, 0.6) is 0 Å². The van der Waals surface area contributed by atoms with E-state index in [1.165, 1.54) is 11.3 Å². The van der Waals surface area contributed by atoms with Crippen LogP contribution in [0, 0.1) is 0 Å².